The summed E-state index contributed by atoms with van der Waals surface area (Å²) in [7, 11) is 3.84. The van der Waals surface area contributed by atoms with E-state index in [9.17, 15) is 9.59 Å². The number of esters is 2. The van der Waals surface area contributed by atoms with Gasteiger partial charge in [0.25, 0.3) is 0 Å². The van der Waals surface area contributed by atoms with Crippen molar-refractivity contribution < 1.29 is 23.8 Å². The van der Waals surface area contributed by atoms with Crippen molar-refractivity contribution in [2.24, 2.45) is 0 Å². The second-order valence-electron chi connectivity index (χ2n) is 3.02. The summed E-state index contributed by atoms with van der Waals surface area (Å²) in [5.41, 5.74) is 0.0998. The second-order valence-corrected chi connectivity index (χ2v) is 3.40. The summed E-state index contributed by atoms with van der Waals surface area (Å²) >= 11 is 5.93. The zero-order valence-corrected chi connectivity index (χ0v) is 10.3. The molecule has 6 heteroatoms. The van der Waals surface area contributed by atoms with Crippen LogP contribution in [0.5, 0.6) is 5.75 Å². The van der Waals surface area contributed by atoms with Crippen LogP contribution < -0.4 is 4.74 Å². The highest BCUT2D eigenvalue weighted by atomic mass is 35.5. The molecule has 0 fully saturated rings. The molecule has 0 bridgehead atoms. The third-order valence-corrected chi connectivity index (χ3v) is 2.50. The number of rotatable bonds is 3. The fourth-order valence-corrected chi connectivity index (χ4v) is 1.50. The highest BCUT2D eigenvalue weighted by molar-refractivity contribution is 6.36. The number of carbonyl (C=O) groups excluding carboxylic acids is 2. The second kappa shape index (κ2) is 5.54. The summed E-state index contributed by atoms with van der Waals surface area (Å²) in [6, 6.07) is 2.78. The Balaban J connectivity index is 3.40. The van der Waals surface area contributed by atoms with Crippen molar-refractivity contribution in [2.75, 3.05) is 21.3 Å². The summed E-state index contributed by atoms with van der Waals surface area (Å²) in [5.74, 6) is -0.992. The number of methoxy groups -OCH3 is 3. The number of hydrogen-bond donors (Lipinski definition) is 0. The third-order valence-electron chi connectivity index (χ3n) is 2.09. The Bertz CT molecular complexity index is 418. The average molecular weight is 259 g/mol. The van der Waals surface area contributed by atoms with Gasteiger partial charge in [-0.15, -0.1) is 0 Å². The Morgan fingerprint density at radius 3 is 1.71 bits per heavy atom. The molecule has 0 aliphatic rings. The van der Waals surface area contributed by atoms with Gasteiger partial charge in [0.05, 0.1) is 37.5 Å². The minimum Gasteiger partial charge on any atom is -0.497 e. The van der Waals surface area contributed by atoms with Crippen molar-refractivity contribution in [1.82, 2.24) is 0 Å². The van der Waals surface area contributed by atoms with E-state index in [0.29, 0.717) is 5.75 Å². The van der Waals surface area contributed by atoms with Gasteiger partial charge in [-0.25, -0.2) is 9.59 Å². The van der Waals surface area contributed by atoms with Gasteiger partial charge in [0.1, 0.15) is 5.75 Å². The molecule has 0 atom stereocenters. The lowest BCUT2D eigenvalue weighted by atomic mass is 10.1. The molecule has 0 aromatic heterocycles. The normalized spacial score (nSPS) is 9.65. The minimum absolute atomic E-state index is 0.0236. The van der Waals surface area contributed by atoms with E-state index in [1.165, 1.54) is 33.5 Å². The van der Waals surface area contributed by atoms with E-state index < -0.39 is 11.9 Å². The van der Waals surface area contributed by atoms with Gasteiger partial charge >= 0.3 is 11.9 Å². The first kappa shape index (κ1) is 13.3. The lowest BCUT2D eigenvalue weighted by Gasteiger charge is -2.09. The van der Waals surface area contributed by atoms with E-state index >= 15 is 0 Å². The molecule has 1 rings (SSSR count). The van der Waals surface area contributed by atoms with Crippen molar-refractivity contribution in [3.05, 3.63) is 28.3 Å². The number of ether oxygens (including phenoxy) is 3. The molecule has 0 heterocycles. The lowest BCUT2D eigenvalue weighted by Crippen LogP contribution is -2.09. The van der Waals surface area contributed by atoms with Gasteiger partial charge in [0, 0.05) is 0 Å². The molecule has 1 aromatic rings. The first-order chi connectivity index (χ1) is 8.04. The van der Waals surface area contributed by atoms with Crippen molar-refractivity contribution in [3.8, 4) is 5.75 Å². The first-order valence-electron chi connectivity index (χ1n) is 4.59. The molecule has 92 valence electrons. The quantitative estimate of drug-likeness (QED) is 0.775. The fourth-order valence-electron chi connectivity index (χ4n) is 1.23. The van der Waals surface area contributed by atoms with E-state index in [-0.39, 0.29) is 16.1 Å². The molecule has 0 spiro atoms. The Labute approximate surface area is 103 Å². The predicted molar refractivity (Wildman–Crippen MR) is 60.7 cm³/mol. The Kier molecular flexibility index (Phi) is 4.34. The van der Waals surface area contributed by atoms with Gasteiger partial charge in [-0.05, 0) is 12.1 Å². The predicted octanol–water partition coefficient (Wildman–Crippen LogP) is 1.92. The van der Waals surface area contributed by atoms with Crippen LogP contribution in [0.4, 0.5) is 0 Å². The number of halogens is 1. The Morgan fingerprint density at radius 1 is 1.00 bits per heavy atom. The van der Waals surface area contributed by atoms with Gasteiger partial charge in [-0.3, -0.25) is 0 Å². The summed E-state index contributed by atoms with van der Waals surface area (Å²) in [6.45, 7) is 0. The lowest BCUT2D eigenvalue weighted by molar-refractivity contribution is 0.0599. The molecule has 0 radical (unpaired) electrons. The number of carbonyl (C=O) groups is 2. The SMILES string of the molecule is COC(=O)c1cc(OC)cc(C(=O)OC)c1Cl. The van der Waals surface area contributed by atoms with Crippen molar-refractivity contribution in [3.63, 3.8) is 0 Å². The third kappa shape index (κ3) is 2.68. The molecule has 0 aliphatic heterocycles. The highest BCUT2D eigenvalue weighted by Crippen LogP contribution is 2.28. The van der Waals surface area contributed by atoms with Gasteiger partial charge < -0.3 is 14.2 Å². The maximum absolute atomic E-state index is 11.5. The Hall–Kier alpha value is -1.75. The van der Waals surface area contributed by atoms with E-state index in [1.54, 1.807) is 0 Å². The van der Waals surface area contributed by atoms with E-state index in [4.69, 9.17) is 16.3 Å². The average Bonchev–Trinajstić information content (AvgIpc) is 2.37. The maximum atomic E-state index is 11.5. The highest BCUT2D eigenvalue weighted by Gasteiger charge is 2.20. The van der Waals surface area contributed by atoms with Crippen LogP contribution in [-0.4, -0.2) is 33.3 Å². The van der Waals surface area contributed by atoms with Crippen LogP contribution in [0.1, 0.15) is 20.7 Å². The minimum atomic E-state index is -0.654. The van der Waals surface area contributed by atoms with Crippen molar-refractivity contribution >= 4 is 23.5 Å². The van der Waals surface area contributed by atoms with E-state index in [2.05, 4.69) is 9.47 Å². The topological polar surface area (TPSA) is 61.8 Å². The Morgan fingerprint density at radius 2 is 1.41 bits per heavy atom. The van der Waals surface area contributed by atoms with Crippen LogP contribution in [0, 0.1) is 0 Å². The maximum Gasteiger partial charge on any atom is 0.339 e. The van der Waals surface area contributed by atoms with Crippen LogP contribution in [0.15, 0.2) is 12.1 Å². The number of benzene rings is 1. The molecular formula is C11H11ClO5. The molecule has 0 saturated carbocycles. The number of hydrogen-bond acceptors (Lipinski definition) is 5. The first-order valence-corrected chi connectivity index (χ1v) is 4.97. The summed E-state index contributed by atoms with van der Waals surface area (Å²) in [5, 5.41) is -0.0236. The van der Waals surface area contributed by atoms with Gasteiger partial charge in [0.15, 0.2) is 0 Å². The van der Waals surface area contributed by atoms with Gasteiger partial charge in [-0.1, -0.05) is 11.6 Å². The van der Waals surface area contributed by atoms with Crippen LogP contribution in [0.3, 0.4) is 0 Å². The molecule has 0 aliphatic carbocycles. The molecule has 1 aromatic carbocycles. The largest absolute Gasteiger partial charge is 0.497 e. The molecule has 0 saturated heterocycles. The van der Waals surface area contributed by atoms with E-state index in [0.717, 1.165) is 0 Å². The van der Waals surface area contributed by atoms with Crippen molar-refractivity contribution in [2.45, 2.75) is 0 Å². The molecule has 5 nitrogen and oxygen atoms in total. The van der Waals surface area contributed by atoms with Crippen LogP contribution in [-0.2, 0) is 9.47 Å². The molecular weight excluding hydrogens is 248 g/mol. The summed E-state index contributed by atoms with van der Waals surface area (Å²) in [4.78, 5) is 22.9. The summed E-state index contributed by atoms with van der Waals surface area (Å²) < 4.78 is 14.1. The smallest absolute Gasteiger partial charge is 0.339 e. The summed E-state index contributed by atoms with van der Waals surface area (Å²) in [6.07, 6.45) is 0. The fraction of sp³-hybridized carbons (Fsp3) is 0.273. The van der Waals surface area contributed by atoms with Crippen molar-refractivity contribution in [1.29, 1.82) is 0 Å². The molecule has 0 amide bonds. The zero-order valence-electron chi connectivity index (χ0n) is 9.57. The van der Waals surface area contributed by atoms with Gasteiger partial charge in [-0.2, -0.15) is 0 Å². The molecule has 0 unspecified atom stereocenters. The molecule has 0 N–H and O–H groups in total. The monoisotopic (exact) mass is 258 g/mol. The van der Waals surface area contributed by atoms with E-state index in [1.807, 2.05) is 0 Å². The van der Waals surface area contributed by atoms with Crippen LogP contribution in [0.2, 0.25) is 5.02 Å². The molecule has 17 heavy (non-hydrogen) atoms. The van der Waals surface area contributed by atoms with Crippen LogP contribution in [0.25, 0.3) is 0 Å². The van der Waals surface area contributed by atoms with Crippen LogP contribution >= 0.6 is 11.6 Å². The van der Waals surface area contributed by atoms with Gasteiger partial charge in [0.2, 0.25) is 0 Å². The standard InChI is InChI=1S/C11H11ClO5/c1-15-6-4-7(10(13)16-2)9(12)8(5-6)11(14)17-3/h4-5H,1-3H3. The zero-order chi connectivity index (χ0) is 13.0.